The van der Waals surface area contributed by atoms with Gasteiger partial charge in [0.15, 0.2) is 0 Å². The van der Waals surface area contributed by atoms with Gasteiger partial charge in [0.1, 0.15) is 5.82 Å². The molecule has 0 saturated carbocycles. The van der Waals surface area contributed by atoms with Crippen LogP contribution in [0.1, 0.15) is 12.7 Å². The predicted octanol–water partition coefficient (Wildman–Crippen LogP) is 0.306. The molecule has 86 valence electrons. The molecular formula is C10H19N3OS. The monoisotopic (exact) mass is 229 g/mol. The number of hydrogen-bond acceptors (Lipinski definition) is 3. The minimum absolute atomic E-state index is 0.340. The van der Waals surface area contributed by atoms with Crippen molar-refractivity contribution in [3.8, 4) is 0 Å². The highest BCUT2D eigenvalue weighted by atomic mass is 32.2. The maximum atomic E-state index is 11.6. The minimum Gasteiger partial charge on any atom is -0.338 e. The van der Waals surface area contributed by atoms with Gasteiger partial charge in [-0.25, -0.2) is 4.98 Å². The van der Waals surface area contributed by atoms with E-state index in [0.717, 1.165) is 12.2 Å². The second kappa shape index (κ2) is 6.02. The molecule has 0 amide bonds. The number of aromatic nitrogens is 2. The molecule has 0 aliphatic heterocycles. The highest BCUT2D eigenvalue weighted by molar-refractivity contribution is 7.84. The standard InChI is InChI=1S/C10H19N3OS/c1-9(7-11)8-15(14)6-3-10-12-4-5-13(10)2/h4-5,9H,3,6-8,11H2,1-2H3. The SMILES string of the molecule is CC(CN)CS(=O)CCc1nccn1C. The molecule has 1 aromatic heterocycles. The summed E-state index contributed by atoms with van der Waals surface area (Å²) in [5.41, 5.74) is 5.48. The normalized spacial score (nSPS) is 15.1. The first-order valence-corrected chi connectivity index (χ1v) is 6.63. The molecule has 0 aliphatic carbocycles. The number of nitrogens with two attached hydrogens (primary N) is 1. The molecule has 2 N–H and O–H groups in total. The van der Waals surface area contributed by atoms with Crippen LogP contribution in [0.4, 0.5) is 0 Å². The molecule has 0 fully saturated rings. The van der Waals surface area contributed by atoms with E-state index in [2.05, 4.69) is 4.98 Å². The third-order valence-corrected chi connectivity index (χ3v) is 3.95. The fraction of sp³-hybridized carbons (Fsp3) is 0.700. The van der Waals surface area contributed by atoms with Gasteiger partial charge in [-0.15, -0.1) is 0 Å². The van der Waals surface area contributed by atoms with E-state index in [0.29, 0.717) is 24.0 Å². The molecule has 1 rings (SSSR count). The highest BCUT2D eigenvalue weighted by Crippen LogP contribution is 2.00. The number of rotatable bonds is 6. The van der Waals surface area contributed by atoms with E-state index in [1.807, 2.05) is 24.7 Å². The van der Waals surface area contributed by atoms with Gasteiger partial charge in [-0.05, 0) is 12.5 Å². The van der Waals surface area contributed by atoms with E-state index >= 15 is 0 Å². The summed E-state index contributed by atoms with van der Waals surface area (Å²) in [6, 6.07) is 0. The molecule has 0 saturated heterocycles. The molecule has 4 nitrogen and oxygen atoms in total. The van der Waals surface area contributed by atoms with Crippen molar-refractivity contribution in [2.45, 2.75) is 13.3 Å². The van der Waals surface area contributed by atoms with E-state index in [1.54, 1.807) is 6.20 Å². The fourth-order valence-electron chi connectivity index (χ4n) is 1.31. The van der Waals surface area contributed by atoms with Gasteiger partial charge < -0.3 is 10.3 Å². The molecular weight excluding hydrogens is 210 g/mol. The van der Waals surface area contributed by atoms with Crippen molar-refractivity contribution in [3.63, 3.8) is 0 Å². The van der Waals surface area contributed by atoms with Crippen LogP contribution in [0.15, 0.2) is 12.4 Å². The zero-order valence-electron chi connectivity index (χ0n) is 9.35. The van der Waals surface area contributed by atoms with E-state index in [9.17, 15) is 4.21 Å². The zero-order chi connectivity index (χ0) is 11.3. The first kappa shape index (κ1) is 12.4. The topological polar surface area (TPSA) is 60.9 Å². The summed E-state index contributed by atoms with van der Waals surface area (Å²) in [5.74, 6) is 2.70. The summed E-state index contributed by atoms with van der Waals surface area (Å²) in [4.78, 5) is 4.19. The Bertz CT molecular complexity index is 324. The van der Waals surface area contributed by atoms with Crippen LogP contribution in [-0.4, -0.2) is 31.8 Å². The summed E-state index contributed by atoms with van der Waals surface area (Å²) in [6.07, 6.45) is 4.44. The van der Waals surface area contributed by atoms with Crippen molar-refractivity contribution < 1.29 is 4.21 Å². The van der Waals surface area contributed by atoms with Crippen molar-refractivity contribution in [1.29, 1.82) is 0 Å². The van der Waals surface area contributed by atoms with Crippen LogP contribution in [0.5, 0.6) is 0 Å². The second-order valence-electron chi connectivity index (χ2n) is 3.86. The van der Waals surface area contributed by atoms with E-state index in [-0.39, 0.29) is 0 Å². The lowest BCUT2D eigenvalue weighted by atomic mass is 10.2. The van der Waals surface area contributed by atoms with Crippen molar-refractivity contribution in [3.05, 3.63) is 18.2 Å². The minimum atomic E-state index is -0.776. The maximum Gasteiger partial charge on any atom is 0.109 e. The molecule has 2 unspecified atom stereocenters. The van der Waals surface area contributed by atoms with Crippen molar-refractivity contribution in [1.82, 2.24) is 9.55 Å². The van der Waals surface area contributed by atoms with Gasteiger partial charge in [0.05, 0.1) is 0 Å². The van der Waals surface area contributed by atoms with Gasteiger partial charge in [0.25, 0.3) is 0 Å². The van der Waals surface area contributed by atoms with Crippen molar-refractivity contribution >= 4 is 10.8 Å². The molecule has 0 spiro atoms. The molecule has 1 aromatic rings. The molecule has 0 aliphatic rings. The van der Waals surface area contributed by atoms with Crippen LogP contribution in [0.25, 0.3) is 0 Å². The summed E-state index contributed by atoms with van der Waals surface area (Å²) in [5, 5.41) is 0. The lowest BCUT2D eigenvalue weighted by molar-refractivity contribution is 0.639. The van der Waals surface area contributed by atoms with Crippen LogP contribution in [0.3, 0.4) is 0 Å². The van der Waals surface area contributed by atoms with E-state index in [1.165, 1.54) is 0 Å². The van der Waals surface area contributed by atoms with Gasteiger partial charge in [-0.1, -0.05) is 6.92 Å². The van der Waals surface area contributed by atoms with Crippen LogP contribution < -0.4 is 5.73 Å². The van der Waals surface area contributed by atoms with Crippen molar-refractivity contribution in [2.24, 2.45) is 18.7 Å². The molecule has 0 aromatic carbocycles. The Morgan fingerprint density at radius 3 is 2.93 bits per heavy atom. The van der Waals surface area contributed by atoms with E-state index < -0.39 is 10.8 Å². The van der Waals surface area contributed by atoms with Gasteiger partial charge in [0.2, 0.25) is 0 Å². The molecule has 5 heteroatoms. The lowest BCUT2D eigenvalue weighted by Crippen LogP contribution is -2.19. The zero-order valence-corrected chi connectivity index (χ0v) is 10.2. The Labute approximate surface area is 93.3 Å². The van der Waals surface area contributed by atoms with Gasteiger partial charge in [-0.2, -0.15) is 0 Å². The van der Waals surface area contributed by atoms with Crippen LogP contribution in [0.2, 0.25) is 0 Å². The quantitative estimate of drug-likeness (QED) is 0.763. The molecule has 0 bridgehead atoms. The third kappa shape index (κ3) is 4.13. The Hall–Kier alpha value is -0.680. The van der Waals surface area contributed by atoms with Crippen LogP contribution in [-0.2, 0) is 24.3 Å². The molecule has 0 radical (unpaired) electrons. The summed E-state index contributed by atoms with van der Waals surface area (Å²) < 4.78 is 13.6. The van der Waals surface area contributed by atoms with Gasteiger partial charge >= 0.3 is 0 Å². The number of aryl methyl sites for hydroxylation is 2. The van der Waals surface area contributed by atoms with Crippen molar-refractivity contribution in [2.75, 3.05) is 18.1 Å². The summed E-state index contributed by atoms with van der Waals surface area (Å²) in [7, 11) is 1.18. The Morgan fingerprint density at radius 2 is 2.40 bits per heavy atom. The van der Waals surface area contributed by atoms with Crippen LogP contribution in [0, 0.1) is 5.92 Å². The number of imidazole rings is 1. The Balaban J connectivity index is 2.31. The lowest BCUT2D eigenvalue weighted by Gasteiger charge is -2.07. The highest BCUT2D eigenvalue weighted by Gasteiger charge is 2.07. The molecule has 15 heavy (non-hydrogen) atoms. The van der Waals surface area contributed by atoms with Gasteiger partial charge in [-0.3, -0.25) is 4.21 Å². The summed E-state index contributed by atoms with van der Waals surface area (Å²) >= 11 is 0. The van der Waals surface area contributed by atoms with Crippen LogP contribution >= 0.6 is 0 Å². The first-order valence-electron chi connectivity index (χ1n) is 5.14. The average molecular weight is 229 g/mol. The Kier molecular flexibility index (Phi) is 4.98. The number of nitrogens with zero attached hydrogens (tertiary/aromatic N) is 2. The predicted molar refractivity (Wildman–Crippen MR) is 63.0 cm³/mol. The Morgan fingerprint density at radius 1 is 1.67 bits per heavy atom. The first-order chi connectivity index (χ1) is 7.13. The molecule has 1 heterocycles. The summed E-state index contributed by atoms with van der Waals surface area (Å²) in [6.45, 7) is 2.63. The third-order valence-electron chi connectivity index (χ3n) is 2.35. The smallest absolute Gasteiger partial charge is 0.109 e. The van der Waals surface area contributed by atoms with Gasteiger partial charge in [0, 0.05) is 48.2 Å². The maximum absolute atomic E-state index is 11.6. The molecule has 2 atom stereocenters. The number of hydrogen-bond donors (Lipinski definition) is 1. The largest absolute Gasteiger partial charge is 0.338 e. The average Bonchev–Trinajstić information content (AvgIpc) is 2.61. The van der Waals surface area contributed by atoms with E-state index in [4.69, 9.17) is 5.73 Å². The fourth-order valence-corrected chi connectivity index (χ4v) is 2.66. The second-order valence-corrected chi connectivity index (χ2v) is 5.48.